The molecule has 1 saturated carbocycles. The van der Waals surface area contributed by atoms with Crippen molar-refractivity contribution in [3.8, 4) is 22.8 Å². The van der Waals surface area contributed by atoms with Crippen LogP contribution in [0.25, 0.3) is 11.3 Å². The number of hydrogen-bond acceptors (Lipinski definition) is 4. The molecule has 4 rings (SSSR count). The first-order valence-corrected chi connectivity index (χ1v) is 9.36. The van der Waals surface area contributed by atoms with Crippen molar-refractivity contribution >= 4 is 5.91 Å². The number of piperidine rings is 1. The van der Waals surface area contributed by atoms with Gasteiger partial charge in [-0.25, -0.2) is 0 Å². The Bertz CT molecular complexity index is 897. The van der Waals surface area contributed by atoms with Gasteiger partial charge in [0, 0.05) is 25.7 Å². The number of aryl methyl sites for hydroxylation is 1. The van der Waals surface area contributed by atoms with Gasteiger partial charge in [0.05, 0.1) is 19.9 Å². The summed E-state index contributed by atoms with van der Waals surface area (Å²) in [6.45, 7) is 1.58. The van der Waals surface area contributed by atoms with Gasteiger partial charge in [0.2, 0.25) is 0 Å². The maximum Gasteiger partial charge on any atom is 0.272 e. The van der Waals surface area contributed by atoms with E-state index in [-0.39, 0.29) is 5.91 Å². The number of likely N-dealkylation sites (tertiary alicyclic amines) is 1. The first-order valence-electron chi connectivity index (χ1n) is 9.36. The smallest absolute Gasteiger partial charge is 0.272 e. The minimum atomic E-state index is 0.0398. The fraction of sp³-hybridized carbons (Fsp3) is 0.429. The Morgan fingerprint density at radius 2 is 1.70 bits per heavy atom. The van der Waals surface area contributed by atoms with E-state index >= 15 is 0 Å². The van der Waals surface area contributed by atoms with Crippen molar-refractivity contribution in [2.24, 2.45) is 7.05 Å². The molecule has 142 valence electrons. The standard InChI is InChI=1S/C21H25N3O3/c1-23-19(21(25)24-10-8-15(9-11-24)14-4-5-14)13-18(22-23)17-12-16(26-2)6-7-20(17)27-3/h6-7,12-13H,4-5,8-11H2,1-3H3. The van der Waals surface area contributed by atoms with Crippen LogP contribution in [0, 0.1) is 0 Å². The number of allylic oxidation sites excluding steroid dienone is 1. The Morgan fingerprint density at radius 1 is 1.00 bits per heavy atom. The number of amides is 1. The van der Waals surface area contributed by atoms with Crippen molar-refractivity contribution in [1.82, 2.24) is 14.7 Å². The molecule has 6 heteroatoms. The molecule has 1 aromatic carbocycles. The van der Waals surface area contributed by atoms with Crippen molar-refractivity contribution in [1.29, 1.82) is 0 Å². The lowest BCUT2D eigenvalue weighted by Gasteiger charge is -2.28. The van der Waals surface area contributed by atoms with E-state index in [9.17, 15) is 4.79 Å². The molecular formula is C21H25N3O3. The van der Waals surface area contributed by atoms with Crippen LogP contribution in [0.1, 0.15) is 36.2 Å². The van der Waals surface area contributed by atoms with Crippen LogP contribution in [0.5, 0.6) is 11.5 Å². The van der Waals surface area contributed by atoms with Gasteiger partial charge in [-0.05, 0) is 49.9 Å². The molecule has 0 unspecified atom stereocenters. The molecule has 27 heavy (non-hydrogen) atoms. The Morgan fingerprint density at radius 3 is 2.33 bits per heavy atom. The largest absolute Gasteiger partial charge is 0.497 e. The van der Waals surface area contributed by atoms with Gasteiger partial charge in [0.1, 0.15) is 17.2 Å². The van der Waals surface area contributed by atoms with Crippen LogP contribution in [0.3, 0.4) is 0 Å². The third-order valence-electron chi connectivity index (χ3n) is 5.44. The fourth-order valence-corrected chi connectivity index (χ4v) is 3.72. The number of hydrogen-bond donors (Lipinski definition) is 0. The molecule has 0 N–H and O–H groups in total. The fourth-order valence-electron chi connectivity index (χ4n) is 3.72. The normalized spacial score (nSPS) is 16.5. The summed E-state index contributed by atoms with van der Waals surface area (Å²) < 4.78 is 12.4. The van der Waals surface area contributed by atoms with Crippen LogP contribution in [0.15, 0.2) is 35.4 Å². The third kappa shape index (κ3) is 3.44. The van der Waals surface area contributed by atoms with Crippen LogP contribution in [0.2, 0.25) is 0 Å². The summed E-state index contributed by atoms with van der Waals surface area (Å²) in [5.74, 6) is 1.46. The lowest BCUT2D eigenvalue weighted by atomic mass is 10.0. The third-order valence-corrected chi connectivity index (χ3v) is 5.44. The minimum Gasteiger partial charge on any atom is -0.497 e. The van der Waals surface area contributed by atoms with E-state index < -0.39 is 0 Å². The molecular weight excluding hydrogens is 342 g/mol. The van der Waals surface area contributed by atoms with E-state index in [2.05, 4.69) is 5.10 Å². The Balaban J connectivity index is 1.58. The van der Waals surface area contributed by atoms with Crippen molar-refractivity contribution in [2.75, 3.05) is 27.3 Å². The molecule has 2 fully saturated rings. The van der Waals surface area contributed by atoms with Gasteiger partial charge < -0.3 is 14.4 Å². The number of ether oxygens (including phenoxy) is 2. The highest BCUT2D eigenvalue weighted by molar-refractivity contribution is 5.94. The van der Waals surface area contributed by atoms with Gasteiger partial charge in [-0.15, -0.1) is 0 Å². The summed E-state index contributed by atoms with van der Waals surface area (Å²) in [5, 5.41) is 4.56. The predicted molar refractivity (Wildman–Crippen MR) is 103 cm³/mol. The van der Waals surface area contributed by atoms with E-state index in [0.717, 1.165) is 37.2 Å². The average molecular weight is 367 g/mol. The average Bonchev–Trinajstić information content (AvgIpc) is 3.49. The van der Waals surface area contributed by atoms with Crippen molar-refractivity contribution in [3.05, 3.63) is 41.1 Å². The maximum absolute atomic E-state index is 13.0. The number of carbonyl (C=O) groups is 1. The van der Waals surface area contributed by atoms with Crippen LogP contribution < -0.4 is 9.47 Å². The molecule has 2 heterocycles. The summed E-state index contributed by atoms with van der Waals surface area (Å²) in [7, 11) is 5.06. The zero-order valence-corrected chi connectivity index (χ0v) is 16.1. The van der Waals surface area contributed by atoms with Gasteiger partial charge >= 0.3 is 0 Å². The van der Waals surface area contributed by atoms with E-state index in [4.69, 9.17) is 9.47 Å². The number of aromatic nitrogens is 2. The number of carbonyl (C=O) groups excluding carboxylic acids is 1. The molecule has 6 nitrogen and oxygen atoms in total. The molecule has 0 radical (unpaired) electrons. The van der Waals surface area contributed by atoms with Crippen molar-refractivity contribution < 1.29 is 14.3 Å². The molecule has 1 aliphatic carbocycles. The van der Waals surface area contributed by atoms with E-state index in [1.807, 2.05) is 36.2 Å². The summed E-state index contributed by atoms with van der Waals surface area (Å²) in [6, 6.07) is 7.41. The maximum atomic E-state index is 13.0. The first kappa shape index (κ1) is 17.6. The highest BCUT2D eigenvalue weighted by Gasteiger charge is 2.27. The van der Waals surface area contributed by atoms with Crippen LogP contribution >= 0.6 is 0 Å². The lowest BCUT2D eigenvalue weighted by Crippen LogP contribution is -2.37. The van der Waals surface area contributed by atoms with E-state index in [1.54, 1.807) is 30.0 Å². The molecule has 0 bridgehead atoms. The summed E-state index contributed by atoms with van der Waals surface area (Å²) in [5.41, 5.74) is 5.30. The molecule has 2 aromatic rings. The quantitative estimate of drug-likeness (QED) is 0.777. The van der Waals surface area contributed by atoms with Gasteiger partial charge in [0.15, 0.2) is 0 Å². The Kier molecular flexibility index (Phi) is 4.64. The van der Waals surface area contributed by atoms with Gasteiger partial charge in [-0.3, -0.25) is 9.48 Å². The summed E-state index contributed by atoms with van der Waals surface area (Å²) >= 11 is 0. The number of benzene rings is 1. The zero-order chi connectivity index (χ0) is 19.0. The summed E-state index contributed by atoms with van der Waals surface area (Å²) in [4.78, 5) is 15.0. The van der Waals surface area contributed by atoms with E-state index in [0.29, 0.717) is 17.1 Å². The van der Waals surface area contributed by atoms with Gasteiger partial charge in [-0.1, -0.05) is 11.1 Å². The molecule has 1 aromatic heterocycles. The number of methoxy groups -OCH3 is 2. The monoisotopic (exact) mass is 367 g/mol. The molecule has 1 amide bonds. The first-order chi connectivity index (χ1) is 13.1. The predicted octanol–water partition coefficient (Wildman–Crippen LogP) is 3.43. The highest BCUT2D eigenvalue weighted by atomic mass is 16.5. The lowest BCUT2D eigenvalue weighted by molar-refractivity contribution is 0.0732. The molecule has 2 aliphatic rings. The SMILES string of the molecule is COc1ccc(OC)c(-c2cc(C(=O)N3CCC(=C4CC4)CC3)n(C)n2)c1. The highest BCUT2D eigenvalue weighted by Crippen LogP contribution is 2.36. The molecule has 1 saturated heterocycles. The molecule has 1 aliphatic heterocycles. The number of rotatable bonds is 4. The van der Waals surface area contributed by atoms with Crippen molar-refractivity contribution in [2.45, 2.75) is 25.7 Å². The topological polar surface area (TPSA) is 56.6 Å². The molecule has 0 spiro atoms. The van der Waals surface area contributed by atoms with Gasteiger partial charge in [-0.2, -0.15) is 5.10 Å². The van der Waals surface area contributed by atoms with E-state index in [1.165, 1.54) is 12.8 Å². The minimum absolute atomic E-state index is 0.0398. The van der Waals surface area contributed by atoms with Crippen LogP contribution in [-0.4, -0.2) is 47.9 Å². The second-order valence-electron chi connectivity index (χ2n) is 7.10. The summed E-state index contributed by atoms with van der Waals surface area (Å²) in [6.07, 6.45) is 4.54. The second-order valence-corrected chi connectivity index (χ2v) is 7.10. The Labute approximate surface area is 159 Å². The zero-order valence-electron chi connectivity index (χ0n) is 16.1. The number of nitrogens with zero attached hydrogens (tertiary/aromatic N) is 3. The van der Waals surface area contributed by atoms with Gasteiger partial charge in [0.25, 0.3) is 5.91 Å². The van der Waals surface area contributed by atoms with Crippen molar-refractivity contribution in [3.63, 3.8) is 0 Å². The Hall–Kier alpha value is -2.76. The van der Waals surface area contributed by atoms with Crippen LogP contribution in [-0.2, 0) is 7.05 Å². The second kappa shape index (κ2) is 7.10. The van der Waals surface area contributed by atoms with Crippen LogP contribution in [0.4, 0.5) is 0 Å². The molecule has 0 atom stereocenters.